The van der Waals surface area contributed by atoms with E-state index in [0.717, 1.165) is 35.8 Å². The van der Waals surface area contributed by atoms with Crippen LogP contribution >= 0.6 is 24.0 Å². The van der Waals surface area contributed by atoms with Crippen molar-refractivity contribution in [1.29, 1.82) is 0 Å². The summed E-state index contributed by atoms with van der Waals surface area (Å²) in [6, 6.07) is 16.0. The van der Waals surface area contributed by atoms with Crippen LogP contribution in [0.15, 0.2) is 53.5 Å². The summed E-state index contributed by atoms with van der Waals surface area (Å²) in [6.45, 7) is 2.71. The van der Waals surface area contributed by atoms with Gasteiger partial charge in [0.15, 0.2) is 5.96 Å². The number of aliphatic imine (C=N–C) groups is 1. The Hall–Kier alpha value is -2.00. The second-order valence-electron chi connectivity index (χ2n) is 6.94. The van der Waals surface area contributed by atoms with Crippen LogP contribution < -0.4 is 20.5 Å². The molecule has 3 rings (SSSR count). The molecule has 2 aromatic rings. The van der Waals surface area contributed by atoms with Gasteiger partial charge in [-0.05, 0) is 44.1 Å². The number of anilines is 1. The molecule has 1 fully saturated rings. The van der Waals surface area contributed by atoms with Crippen molar-refractivity contribution < 1.29 is 9.47 Å². The maximum atomic E-state index is 6.17. The number of rotatable bonds is 7. The standard InChI is InChI=1S/C22H30N4O2.HI/c1-27-18-10-8-9-17(15-18)25-22(23)24-16-20(26-13-6-3-7-14-26)19-11-4-5-12-21(19)28-2;/h4-5,8-12,15,20H,3,6-7,13-14,16H2,1-2H3,(H3,23,24,25);1H. The van der Waals surface area contributed by atoms with Crippen LogP contribution in [0.3, 0.4) is 0 Å². The van der Waals surface area contributed by atoms with Crippen molar-refractivity contribution in [2.75, 3.05) is 39.2 Å². The minimum absolute atomic E-state index is 0. The molecule has 158 valence electrons. The lowest BCUT2D eigenvalue weighted by atomic mass is 10.0. The predicted octanol–water partition coefficient (Wildman–Crippen LogP) is 4.28. The van der Waals surface area contributed by atoms with E-state index in [9.17, 15) is 0 Å². The normalized spacial score (nSPS) is 15.9. The number of hydrogen-bond acceptors (Lipinski definition) is 4. The van der Waals surface area contributed by atoms with Crippen molar-refractivity contribution in [3.8, 4) is 11.5 Å². The van der Waals surface area contributed by atoms with Crippen molar-refractivity contribution in [3.05, 3.63) is 54.1 Å². The summed E-state index contributed by atoms with van der Waals surface area (Å²) < 4.78 is 10.9. The van der Waals surface area contributed by atoms with Crippen LogP contribution in [0, 0.1) is 0 Å². The molecule has 1 saturated heterocycles. The summed E-state index contributed by atoms with van der Waals surface area (Å²) in [5.74, 6) is 2.07. The number of nitrogens with zero attached hydrogens (tertiary/aromatic N) is 2. The molecule has 1 unspecified atom stereocenters. The number of ether oxygens (including phenoxy) is 2. The first-order valence-corrected chi connectivity index (χ1v) is 9.79. The minimum Gasteiger partial charge on any atom is -0.497 e. The molecule has 2 aromatic carbocycles. The molecule has 3 N–H and O–H groups in total. The molecule has 1 atom stereocenters. The second-order valence-corrected chi connectivity index (χ2v) is 6.94. The van der Waals surface area contributed by atoms with Gasteiger partial charge in [-0.15, -0.1) is 24.0 Å². The quantitative estimate of drug-likeness (QED) is 0.331. The van der Waals surface area contributed by atoms with Crippen LogP contribution in [0.2, 0.25) is 0 Å². The fraction of sp³-hybridized carbons (Fsp3) is 0.409. The van der Waals surface area contributed by atoms with Crippen molar-refractivity contribution in [1.82, 2.24) is 4.90 Å². The minimum atomic E-state index is 0. The number of methoxy groups -OCH3 is 2. The zero-order chi connectivity index (χ0) is 19.8. The van der Waals surface area contributed by atoms with Crippen LogP contribution in [0.4, 0.5) is 5.69 Å². The number of likely N-dealkylation sites (tertiary alicyclic amines) is 1. The van der Waals surface area contributed by atoms with E-state index in [2.05, 4.69) is 27.3 Å². The first-order valence-electron chi connectivity index (χ1n) is 9.79. The fourth-order valence-electron chi connectivity index (χ4n) is 3.66. The zero-order valence-electron chi connectivity index (χ0n) is 17.1. The molecule has 0 bridgehead atoms. The molecule has 1 aliphatic rings. The van der Waals surface area contributed by atoms with Crippen molar-refractivity contribution >= 4 is 35.6 Å². The van der Waals surface area contributed by atoms with Gasteiger partial charge < -0.3 is 20.5 Å². The third-order valence-corrected chi connectivity index (χ3v) is 5.11. The van der Waals surface area contributed by atoms with Gasteiger partial charge in [-0.25, -0.2) is 0 Å². The summed E-state index contributed by atoms with van der Waals surface area (Å²) in [5, 5.41) is 3.15. The Morgan fingerprint density at radius 2 is 1.83 bits per heavy atom. The number of nitrogens with two attached hydrogens (primary N) is 1. The molecule has 1 aliphatic heterocycles. The molecule has 29 heavy (non-hydrogen) atoms. The summed E-state index contributed by atoms with van der Waals surface area (Å²) >= 11 is 0. The molecule has 0 aromatic heterocycles. The highest BCUT2D eigenvalue weighted by molar-refractivity contribution is 14.0. The molecule has 7 heteroatoms. The molecule has 1 heterocycles. The van der Waals surface area contributed by atoms with Gasteiger partial charge in [-0.1, -0.05) is 30.7 Å². The topological polar surface area (TPSA) is 72.1 Å². The van der Waals surface area contributed by atoms with E-state index in [1.807, 2.05) is 36.4 Å². The summed E-state index contributed by atoms with van der Waals surface area (Å²) in [6.07, 6.45) is 3.72. The van der Waals surface area contributed by atoms with Gasteiger partial charge in [0, 0.05) is 17.3 Å². The van der Waals surface area contributed by atoms with E-state index in [4.69, 9.17) is 15.2 Å². The van der Waals surface area contributed by atoms with E-state index in [1.165, 1.54) is 19.3 Å². The van der Waals surface area contributed by atoms with E-state index < -0.39 is 0 Å². The molecule has 0 spiro atoms. The number of hydrogen-bond donors (Lipinski definition) is 2. The highest BCUT2D eigenvalue weighted by Crippen LogP contribution is 2.31. The fourth-order valence-corrected chi connectivity index (χ4v) is 3.66. The van der Waals surface area contributed by atoms with Crippen molar-refractivity contribution in [3.63, 3.8) is 0 Å². The number of para-hydroxylation sites is 1. The highest BCUT2D eigenvalue weighted by atomic mass is 127. The van der Waals surface area contributed by atoms with E-state index >= 15 is 0 Å². The lowest BCUT2D eigenvalue weighted by molar-refractivity contribution is 0.165. The molecular formula is C22H31IN4O2. The lowest BCUT2D eigenvalue weighted by Gasteiger charge is -2.34. The van der Waals surface area contributed by atoms with Gasteiger partial charge >= 0.3 is 0 Å². The Bertz CT molecular complexity index is 794. The molecule has 0 aliphatic carbocycles. The predicted molar refractivity (Wildman–Crippen MR) is 130 cm³/mol. The largest absolute Gasteiger partial charge is 0.497 e. The van der Waals surface area contributed by atoms with Gasteiger partial charge in [0.25, 0.3) is 0 Å². The first kappa shape index (κ1) is 23.3. The van der Waals surface area contributed by atoms with Gasteiger partial charge in [0.05, 0.1) is 26.8 Å². The third-order valence-electron chi connectivity index (χ3n) is 5.11. The van der Waals surface area contributed by atoms with E-state index in [-0.39, 0.29) is 30.0 Å². The Morgan fingerprint density at radius 1 is 1.07 bits per heavy atom. The molecule has 6 nitrogen and oxygen atoms in total. The lowest BCUT2D eigenvalue weighted by Crippen LogP contribution is -2.36. The number of piperidine rings is 1. The first-order chi connectivity index (χ1) is 13.7. The monoisotopic (exact) mass is 510 g/mol. The highest BCUT2D eigenvalue weighted by Gasteiger charge is 2.24. The van der Waals surface area contributed by atoms with Crippen LogP contribution in [0.5, 0.6) is 11.5 Å². The van der Waals surface area contributed by atoms with Crippen LogP contribution in [-0.4, -0.2) is 44.7 Å². The van der Waals surface area contributed by atoms with Crippen LogP contribution in [-0.2, 0) is 0 Å². The maximum Gasteiger partial charge on any atom is 0.193 e. The van der Waals surface area contributed by atoms with Crippen LogP contribution in [0.1, 0.15) is 30.9 Å². The smallest absolute Gasteiger partial charge is 0.193 e. The van der Waals surface area contributed by atoms with Gasteiger partial charge in [0.2, 0.25) is 0 Å². The van der Waals surface area contributed by atoms with Gasteiger partial charge in [0.1, 0.15) is 11.5 Å². The number of guanidine groups is 1. The molecule has 0 amide bonds. The van der Waals surface area contributed by atoms with Gasteiger partial charge in [-0.2, -0.15) is 0 Å². The molecule has 0 radical (unpaired) electrons. The summed E-state index contributed by atoms with van der Waals surface area (Å²) in [4.78, 5) is 7.14. The van der Waals surface area contributed by atoms with Gasteiger partial charge in [-0.3, -0.25) is 9.89 Å². The second kappa shape index (κ2) is 11.9. The SMILES string of the molecule is COc1cccc(NC(N)=NCC(c2ccccc2OC)N2CCCCC2)c1.I. The van der Waals surface area contributed by atoms with Crippen LogP contribution in [0.25, 0.3) is 0 Å². The molecular weight excluding hydrogens is 479 g/mol. The average Bonchev–Trinajstić information content (AvgIpc) is 2.75. The zero-order valence-corrected chi connectivity index (χ0v) is 19.5. The number of nitrogens with one attached hydrogen (secondary N) is 1. The number of halogens is 1. The van der Waals surface area contributed by atoms with Crippen molar-refractivity contribution in [2.24, 2.45) is 10.7 Å². The Balaban J connectivity index is 0.00000300. The summed E-state index contributed by atoms with van der Waals surface area (Å²) in [5.41, 5.74) is 8.18. The molecule has 0 saturated carbocycles. The summed E-state index contributed by atoms with van der Waals surface area (Å²) in [7, 11) is 3.36. The Kier molecular flexibility index (Phi) is 9.53. The Labute approximate surface area is 190 Å². The van der Waals surface area contributed by atoms with Crippen molar-refractivity contribution in [2.45, 2.75) is 25.3 Å². The Morgan fingerprint density at radius 3 is 2.55 bits per heavy atom. The average molecular weight is 510 g/mol. The third kappa shape index (κ3) is 6.50. The van der Waals surface area contributed by atoms with E-state index in [1.54, 1.807) is 14.2 Å². The number of benzene rings is 2. The van der Waals surface area contributed by atoms with E-state index in [0.29, 0.717) is 12.5 Å². The maximum absolute atomic E-state index is 6.17.